The second-order valence-corrected chi connectivity index (χ2v) is 4.67. The van der Waals surface area contributed by atoms with Crippen LogP contribution in [-0.2, 0) is 0 Å². The van der Waals surface area contributed by atoms with Gasteiger partial charge in [-0.2, -0.15) is 0 Å². The van der Waals surface area contributed by atoms with E-state index in [0.29, 0.717) is 5.75 Å². The third-order valence-corrected chi connectivity index (χ3v) is 2.96. The summed E-state index contributed by atoms with van der Waals surface area (Å²) >= 11 is 5.67. The summed E-state index contributed by atoms with van der Waals surface area (Å²) in [5, 5.41) is 12.6. The number of nitrogens with one attached hydrogen (secondary N) is 1. The summed E-state index contributed by atoms with van der Waals surface area (Å²) in [6, 6.07) is 13.9. The number of ether oxygens (including phenoxy) is 1. The Morgan fingerprint density at radius 2 is 1.90 bits per heavy atom. The van der Waals surface area contributed by atoms with Gasteiger partial charge in [0.2, 0.25) is 0 Å². The van der Waals surface area contributed by atoms with E-state index in [1.807, 2.05) is 18.2 Å². The van der Waals surface area contributed by atoms with Crippen LogP contribution in [0, 0.1) is 5.82 Å². The molecule has 0 spiro atoms. The molecule has 0 amide bonds. The number of halogens is 2. The van der Waals surface area contributed by atoms with Crippen LogP contribution in [0.3, 0.4) is 0 Å². The van der Waals surface area contributed by atoms with Crippen molar-refractivity contribution >= 4 is 17.3 Å². The molecular weight excluding hydrogens is 281 g/mol. The van der Waals surface area contributed by atoms with Crippen molar-refractivity contribution in [2.45, 2.75) is 6.10 Å². The number of aliphatic hydroxyl groups is 1. The number of rotatable bonds is 6. The third kappa shape index (κ3) is 4.11. The van der Waals surface area contributed by atoms with Gasteiger partial charge in [0.05, 0.1) is 10.7 Å². The fraction of sp³-hybridized carbons (Fsp3) is 0.200. The van der Waals surface area contributed by atoms with Gasteiger partial charge in [0.25, 0.3) is 0 Å². The Balaban J connectivity index is 1.80. The molecule has 3 nitrogen and oxygen atoms in total. The number of anilines is 1. The highest BCUT2D eigenvalue weighted by molar-refractivity contribution is 6.31. The van der Waals surface area contributed by atoms with Crippen molar-refractivity contribution in [2.24, 2.45) is 0 Å². The van der Waals surface area contributed by atoms with Crippen LogP contribution in [0.4, 0.5) is 10.1 Å². The van der Waals surface area contributed by atoms with E-state index in [1.165, 1.54) is 6.07 Å². The van der Waals surface area contributed by atoms with E-state index in [2.05, 4.69) is 5.32 Å². The lowest BCUT2D eigenvalue weighted by Gasteiger charge is -2.14. The van der Waals surface area contributed by atoms with Crippen molar-refractivity contribution in [3.05, 3.63) is 59.4 Å². The lowest BCUT2D eigenvalue weighted by Crippen LogP contribution is -2.26. The van der Waals surface area contributed by atoms with E-state index in [-0.39, 0.29) is 23.9 Å². The van der Waals surface area contributed by atoms with Crippen LogP contribution in [0.15, 0.2) is 48.5 Å². The van der Waals surface area contributed by atoms with Crippen molar-refractivity contribution in [2.75, 3.05) is 18.5 Å². The van der Waals surface area contributed by atoms with E-state index < -0.39 is 11.9 Å². The van der Waals surface area contributed by atoms with Crippen molar-refractivity contribution in [1.82, 2.24) is 0 Å². The second kappa shape index (κ2) is 7.12. The van der Waals surface area contributed by atoms with Gasteiger partial charge in [-0.25, -0.2) is 4.39 Å². The molecular formula is C15H15ClFNO2. The predicted molar refractivity (Wildman–Crippen MR) is 77.8 cm³/mol. The lowest BCUT2D eigenvalue weighted by atomic mass is 10.3. The monoisotopic (exact) mass is 295 g/mol. The van der Waals surface area contributed by atoms with Gasteiger partial charge in [0, 0.05) is 6.54 Å². The minimum atomic E-state index is -0.756. The van der Waals surface area contributed by atoms with Gasteiger partial charge in [-0.1, -0.05) is 35.9 Å². The van der Waals surface area contributed by atoms with Crippen LogP contribution in [0.2, 0.25) is 5.02 Å². The van der Waals surface area contributed by atoms with Gasteiger partial charge < -0.3 is 15.2 Å². The Labute approximate surface area is 122 Å². The van der Waals surface area contributed by atoms with Gasteiger partial charge in [0.1, 0.15) is 18.5 Å². The predicted octanol–water partition coefficient (Wildman–Crippen LogP) is 3.33. The first kappa shape index (κ1) is 14.6. The van der Waals surface area contributed by atoms with Crippen LogP contribution in [0.1, 0.15) is 0 Å². The van der Waals surface area contributed by atoms with Gasteiger partial charge in [-0.3, -0.25) is 0 Å². The van der Waals surface area contributed by atoms with Gasteiger partial charge in [-0.15, -0.1) is 0 Å². The van der Waals surface area contributed by atoms with Crippen molar-refractivity contribution in [3.8, 4) is 5.75 Å². The highest BCUT2D eigenvalue weighted by Crippen LogP contribution is 2.21. The fourth-order valence-electron chi connectivity index (χ4n) is 1.64. The van der Waals surface area contributed by atoms with E-state index in [9.17, 15) is 9.50 Å². The molecule has 2 aromatic carbocycles. The molecule has 1 unspecified atom stereocenters. The van der Waals surface area contributed by atoms with Gasteiger partial charge in [-0.05, 0) is 24.3 Å². The minimum Gasteiger partial charge on any atom is -0.491 e. The summed E-state index contributed by atoms with van der Waals surface area (Å²) in [5.41, 5.74) is 0.260. The molecule has 0 bridgehead atoms. The topological polar surface area (TPSA) is 41.5 Å². The van der Waals surface area contributed by atoms with Crippen LogP contribution >= 0.6 is 11.6 Å². The molecule has 5 heteroatoms. The molecule has 106 valence electrons. The molecule has 2 N–H and O–H groups in total. The molecule has 0 aromatic heterocycles. The molecule has 0 saturated heterocycles. The van der Waals surface area contributed by atoms with Gasteiger partial charge >= 0.3 is 0 Å². The summed E-state index contributed by atoms with van der Waals surface area (Å²) in [4.78, 5) is 0. The maximum atomic E-state index is 13.6. The largest absolute Gasteiger partial charge is 0.491 e. The summed E-state index contributed by atoms with van der Waals surface area (Å²) in [5.74, 6) is 0.158. The molecule has 2 rings (SSSR count). The van der Waals surface area contributed by atoms with Gasteiger partial charge in [0.15, 0.2) is 5.82 Å². The van der Waals surface area contributed by atoms with Crippen molar-refractivity contribution in [3.63, 3.8) is 0 Å². The van der Waals surface area contributed by atoms with E-state index >= 15 is 0 Å². The molecule has 20 heavy (non-hydrogen) atoms. The number of aliphatic hydroxyl groups excluding tert-OH is 1. The normalized spacial score (nSPS) is 11.9. The summed E-state index contributed by atoms with van der Waals surface area (Å²) < 4.78 is 19.0. The summed E-state index contributed by atoms with van der Waals surface area (Å²) in [6.07, 6.45) is -0.756. The fourth-order valence-corrected chi connectivity index (χ4v) is 1.81. The Kier molecular flexibility index (Phi) is 5.21. The van der Waals surface area contributed by atoms with Crippen LogP contribution in [-0.4, -0.2) is 24.4 Å². The quantitative estimate of drug-likeness (QED) is 0.859. The molecule has 2 aromatic rings. The zero-order chi connectivity index (χ0) is 14.4. The van der Waals surface area contributed by atoms with Crippen LogP contribution in [0.25, 0.3) is 0 Å². The average Bonchev–Trinajstić information content (AvgIpc) is 2.48. The number of benzene rings is 2. The lowest BCUT2D eigenvalue weighted by molar-refractivity contribution is 0.117. The van der Waals surface area contributed by atoms with Crippen molar-refractivity contribution in [1.29, 1.82) is 0 Å². The minimum absolute atomic E-state index is 0.0463. The average molecular weight is 296 g/mol. The first-order chi connectivity index (χ1) is 9.66. The smallest absolute Gasteiger partial charge is 0.164 e. The van der Waals surface area contributed by atoms with E-state index in [4.69, 9.17) is 16.3 Å². The molecule has 0 saturated carbocycles. The standard InChI is InChI=1S/C15H15ClFNO2/c16-13-7-4-8-14(15(13)17)18-9-11(19)10-20-12-5-2-1-3-6-12/h1-8,11,18-19H,9-10H2. The molecule has 0 fully saturated rings. The molecule has 0 radical (unpaired) electrons. The molecule has 0 aliphatic carbocycles. The maximum absolute atomic E-state index is 13.6. The van der Waals surface area contributed by atoms with E-state index in [0.717, 1.165) is 0 Å². The maximum Gasteiger partial charge on any atom is 0.164 e. The molecule has 1 atom stereocenters. The first-order valence-electron chi connectivity index (χ1n) is 6.20. The number of hydrogen-bond acceptors (Lipinski definition) is 3. The Morgan fingerprint density at radius 3 is 2.65 bits per heavy atom. The summed E-state index contributed by atoms with van der Waals surface area (Å²) in [6.45, 7) is 0.295. The first-order valence-corrected chi connectivity index (χ1v) is 6.58. The number of para-hydroxylation sites is 1. The zero-order valence-electron chi connectivity index (χ0n) is 10.7. The Morgan fingerprint density at radius 1 is 1.15 bits per heavy atom. The Hall–Kier alpha value is -1.78. The number of hydrogen-bond donors (Lipinski definition) is 2. The Bertz CT molecular complexity index is 551. The SMILES string of the molecule is OC(CNc1cccc(Cl)c1F)COc1ccccc1. The summed E-state index contributed by atoms with van der Waals surface area (Å²) in [7, 11) is 0. The van der Waals surface area contributed by atoms with Crippen LogP contribution in [0.5, 0.6) is 5.75 Å². The zero-order valence-corrected chi connectivity index (χ0v) is 11.5. The van der Waals surface area contributed by atoms with E-state index in [1.54, 1.807) is 24.3 Å². The highest BCUT2D eigenvalue weighted by atomic mass is 35.5. The highest BCUT2D eigenvalue weighted by Gasteiger charge is 2.09. The molecule has 0 aliphatic heterocycles. The molecule has 0 aliphatic rings. The van der Waals surface area contributed by atoms with Crippen molar-refractivity contribution < 1.29 is 14.2 Å². The third-order valence-electron chi connectivity index (χ3n) is 2.67. The second-order valence-electron chi connectivity index (χ2n) is 4.26. The molecule has 0 heterocycles. The van der Waals surface area contributed by atoms with Crippen LogP contribution < -0.4 is 10.1 Å².